The number of likely N-dealkylation sites (tertiary alicyclic amines) is 1. The fourth-order valence-corrected chi connectivity index (χ4v) is 2.53. The van der Waals surface area contributed by atoms with Crippen LogP contribution in [-0.4, -0.2) is 40.3 Å². The maximum absolute atomic E-state index is 12.2. The Hall–Kier alpha value is -2.29. The number of pyridine rings is 1. The first-order valence-electron chi connectivity index (χ1n) is 7.73. The first-order valence-corrected chi connectivity index (χ1v) is 7.73. The molecule has 0 N–H and O–H groups in total. The summed E-state index contributed by atoms with van der Waals surface area (Å²) in [5, 5.41) is 8.93. The number of carbonyl (C=O) groups is 1. The molecule has 1 saturated heterocycles. The van der Waals surface area contributed by atoms with Crippen LogP contribution >= 0.6 is 0 Å². The number of carbonyl (C=O) groups excluding carboxylic acids is 1. The maximum atomic E-state index is 12.2. The Morgan fingerprint density at radius 2 is 2.13 bits per heavy atom. The van der Waals surface area contributed by atoms with Gasteiger partial charge in [-0.05, 0) is 40.7 Å². The third-order valence-electron chi connectivity index (χ3n) is 3.63. The van der Waals surface area contributed by atoms with Crippen molar-refractivity contribution in [1.29, 1.82) is 5.26 Å². The highest BCUT2D eigenvalue weighted by atomic mass is 16.6. The van der Waals surface area contributed by atoms with Crippen LogP contribution in [0.3, 0.4) is 0 Å². The van der Waals surface area contributed by atoms with Crippen molar-refractivity contribution in [3.05, 3.63) is 23.4 Å². The van der Waals surface area contributed by atoms with Crippen LogP contribution in [0, 0.1) is 18.3 Å². The molecule has 2 rings (SSSR count). The minimum atomic E-state index is -0.512. The van der Waals surface area contributed by atoms with Gasteiger partial charge in [-0.2, -0.15) is 5.26 Å². The quantitative estimate of drug-likeness (QED) is 0.838. The highest BCUT2D eigenvalue weighted by molar-refractivity contribution is 5.69. The largest absolute Gasteiger partial charge is 0.472 e. The summed E-state index contributed by atoms with van der Waals surface area (Å²) in [6, 6.07) is 5.51. The van der Waals surface area contributed by atoms with E-state index in [2.05, 4.69) is 11.1 Å². The molecule has 0 aliphatic carbocycles. The minimum absolute atomic E-state index is 0.0503. The highest BCUT2D eigenvalue weighted by Crippen LogP contribution is 2.24. The van der Waals surface area contributed by atoms with Gasteiger partial charge in [0, 0.05) is 18.5 Å². The number of nitriles is 1. The molecule has 2 heterocycles. The normalized spacial score (nSPS) is 21.0. The summed E-state index contributed by atoms with van der Waals surface area (Å²) in [5.41, 5.74) is 0.661. The summed E-state index contributed by atoms with van der Waals surface area (Å²) < 4.78 is 11.3. The molecule has 1 aromatic rings. The van der Waals surface area contributed by atoms with E-state index in [9.17, 15) is 4.79 Å². The zero-order valence-corrected chi connectivity index (χ0v) is 14.3. The zero-order chi connectivity index (χ0) is 17.2. The summed E-state index contributed by atoms with van der Waals surface area (Å²) in [6.07, 6.45) is 0.275. The molecule has 6 nitrogen and oxygen atoms in total. The lowest BCUT2D eigenvalue weighted by atomic mass is 10.2. The van der Waals surface area contributed by atoms with Crippen molar-refractivity contribution in [3.8, 4) is 11.9 Å². The molecule has 1 aliphatic heterocycles. The second kappa shape index (κ2) is 6.45. The molecule has 0 bridgehead atoms. The lowest BCUT2D eigenvalue weighted by Crippen LogP contribution is -2.39. The monoisotopic (exact) mass is 317 g/mol. The summed E-state index contributed by atoms with van der Waals surface area (Å²) in [5.74, 6) is 0.477. The van der Waals surface area contributed by atoms with Crippen LogP contribution in [-0.2, 0) is 4.74 Å². The van der Waals surface area contributed by atoms with Crippen molar-refractivity contribution in [1.82, 2.24) is 9.88 Å². The van der Waals surface area contributed by atoms with Crippen LogP contribution in [0.1, 0.15) is 45.4 Å². The molecule has 0 aromatic carbocycles. The van der Waals surface area contributed by atoms with Gasteiger partial charge in [0.2, 0.25) is 5.88 Å². The lowest BCUT2D eigenvalue weighted by molar-refractivity contribution is 0.0223. The van der Waals surface area contributed by atoms with E-state index in [0.717, 1.165) is 6.42 Å². The van der Waals surface area contributed by atoms with Crippen molar-refractivity contribution < 1.29 is 14.3 Å². The molecule has 1 aliphatic rings. The van der Waals surface area contributed by atoms with Gasteiger partial charge in [0.05, 0.1) is 17.8 Å². The Morgan fingerprint density at radius 1 is 1.43 bits per heavy atom. The summed E-state index contributed by atoms with van der Waals surface area (Å²) in [7, 11) is 0. The number of aromatic nitrogens is 1. The maximum Gasteiger partial charge on any atom is 0.410 e. The molecular weight excluding hydrogens is 294 g/mol. The molecule has 0 unspecified atom stereocenters. The van der Waals surface area contributed by atoms with Gasteiger partial charge in [0.15, 0.2) is 0 Å². The van der Waals surface area contributed by atoms with Crippen LogP contribution in [0.2, 0.25) is 0 Å². The van der Waals surface area contributed by atoms with Gasteiger partial charge in [-0.15, -0.1) is 0 Å². The molecule has 1 fully saturated rings. The summed E-state index contributed by atoms with van der Waals surface area (Å²) >= 11 is 0. The van der Waals surface area contributed by atoms with E-state index < -0.39 is 5.60 Å². The topological polar surface area (TPSA) is 75.4 Å². The van der Waals surface area contributed by atoms with Gasteiger partial charge in [-0.1, -0.05) is 0 Å². The van der Waals surface area contributed by atoms with E-state index in [4.69, 9.17) is 14.7 Å². The molecule has 0 saturated carbocycles. The Bertz CT molecular complexity index is 631. The fraction of sp³-hybridized carbons (Fsp3) is 0.588. The van der Waals surface area contributed by atoms with Crippen molar-refractivity contribution in [2.75, 3.05) is 6.54 Å². The highest BCUT2D eigenvalue weighted by Gasteiger charge is 2.36. The average Bonchev–Trinajstić information content (AvgIpc) is 2.78. The van der Waals surface area contributed by atoms with Gasteiger partial charge in [0.25, 0.3) is 0 Å². The number of nitrogens with zero attached hydrogens (tertiary/aromatic N) is 3. The van der Waals surface area contributed by atoms with Crippen LogP contribution in [0.25, 0.3) is 0 Å². The SMILES string of the molecule is Cc1nc(O[C@@H]2C[C@H](C)N(C(=O)OC(C)(C)C)C2)ccc1C#N. The second-order valence-electron chi connectivity index (χ2n) is 6.85. The number of ether oxygens (including phenoxy) is 2. The third-order valence-corrected chi connectivity index (χ3v) is 3.63. The Morgan fingerprint density at radius 3 is 2.70 bits per heavy atom. The van der Waals surface area contributed by atoms with E-state index in [1.807, 2.05) is 27.7 Å². The van der Waals surface area contributed by atoms with Crippen LogP contribution in [0.5, 0.6) is 5.88 Å². The number of rotatable bonds is 2. The van der Waals surface area contributed by atoms with Crippen LogP contribution in [0.4, 0.5) is 4.79 Å². The second-order valence-corrected chi connectivity index (χ2v) is 6.85. The van der Waals surface area contributed by atoms with E-state index in [-0.39, 0.29) is 18.2 Å². The smallest absolute Gasteiger partial charge is 0.410 e. The molecule has 6 heteroatoms. The predicted molar refractivity (Wildman–Crippen MR) is 85.1 cm³/mol. The van der Waals surface area contributed by atoms with Crippen molar-refractivity contribution in [2.24, 2.45) is 0 Å². The third kappa shape index (κ3) is 4.35. The standard InChI is InChI=1S/C17H23N3O3/c1-11-8-14(10-20(11)16(21)23-17(3,4)5)22-15-7-6-13(9-18)12(2)19-15/h6-7,11,14H,8,10H2,1-5H3/t11-,14+/m0/s1. The molecule has 1 amide bonds. The van der Waals surface area contributed by atoms with Crippen LogP contribution in [0.15, 0.2) is 12.1 Å². The average molecular weight is 317 g/mol. The van der Waals surface area contributed by atoms with E-state index in [1.54, 1.807) is 24.0 Å². The van der Waals surface area contributed by atoms with E-state index in [1.165, 1.54) is 0 Å². The number of aryl methyl sites for hydroxylation is 1. The molecule has 0 spiro atoms. The van der Waals surface area contributed by atoms with Gasteiger partial charge < -0.3 is 14.4 Å². The van der Waals surface area contributed by atoms with E-state index >= 15 is 0 Å². The molecule has 2 atom stereocenters. The molecule has 23 heavy (non-hydrogen) atoms. The number of hydrogen-bond acceptors (Lipinski definition) is 5. The summed E-state index contributed by atoms with van der Waals surface area (Å²) in [6.45, 7) is 9.77. The predicted octanol–water partition coefficient (Wildman–Crippen LogP) is 3.04. The Kier molecular flexibility index (Phi) is 4.79. The van der Waals surface area contributed by atoms with Crippen LogP contribution < -0.4 is 4.74 Å². The Balaban J connectivity index is 2.00. The minimum Gasteiger partial charge on any atom is -0.472 e. The summed E-state index contributed by atoms with van der Waals surface area (Å²) in [4.78, 5) is 18.2. The number of amides is 1. The molecule has 1 aromatic heterocycles. The number of hydrogen-bond donors (Lipinski definition) is 0. The van der Waals surface area contributed by atoms with E-state index in [0.29, 0.717) is 23.7 Å². The van der Waals surface area contributed by atoms with Crippen molar-refractivity contribution >= 4 is 6.09 Å². The zero-order valence-electron chi connectivity index (χ0n) is 14.3. The van der Waals surface area contributed by atoms with Gasteiger partial charge in [-0.25, -0.2) is 9.78 Å². The molecule has 0 radical (unpaired) electrons. The van der Waals surface area contributed by atoms with Crippen molar-refractivity contribution in [2.45, 2.75) is 58.8 Å². The fourth-order valence-electron chi connectivity index (χ4n) is 2.53. The van der Waals surface area contributed by atoms with Gasteiger partial charge in [0.1, 0.15) is 17.8 Å². The first-order chi connectivity index (χ1) is 10.7. The Labute approximate surface area is 137 Å². The first kappa shape index (κ1) is 17.1. The van der Waals surface area contributed by atoms with Crippen molar-refractivity contribution in [3.63, 3.8) is 0 Å². The molecule has 124 valence electrons. The lowest BCUT2D eigenvalue weighted by Gasteiger charge is -2.26. The molecular formula is C17H23N3O3. The van der Waals surface area contributed by atoms with Gasteiger partial charge in [-0.3, -0.25) is 0 Å². The van der Waals surface area contributed by atoms with Gasteiger partial charge >= 0.3 is 6.09 Å².